The van der Waals surface area contributed by atoms with Crippen molar-refractivity contribution in [2.75, 3.05) is 16.6 Å². The van der Waals surface area contributed by atoms with Gasteiger partial charge in [-0.2, -0.15) is 0 Å². The van der Waals surface area contributed by atoms with E-state index in [0.717, 1.165) is 17.2 Å². The highest BCUT2D eigenvalue weighted by Gasteiger charge is 2.42. The van der Waals surface area contributed by atoms with E-state index in [9.17, 15) is 17.6 Å². The van der Waals surface area contributed by atoms with Gasteiger partial charge in [0.2, 0.25) is 5.91 Å². The van der Waals surface area contributed by atoms with Gasteiger partial charge in [-0.05, 0) is 55.3 Å². The van der Waals surface area contributed by atoms with Crippen molar-refractivity contribution in [2.45, 2.75) is 19.2 Å². The second-order valence-electron chi connectivity index (χ2n) is 6.69. The van der Waals surface area contributed by atoms with Crippen molar-refractivity contribution in [1.29, 1.82) is 0 Å². The number of rotatable bonds is 5. The van der Waals surface area contributed by atoms with E-state index in [-0.39, 0.29) is 17.3 Å². The van der Waals surface area contributed by atoms with E-state index in [1.165, 1.54) is 12.1 Å². The van der Waals surface area contributed by atoms with Gasteiger partial charge in [-0.3, -0.25) is 14.9 Å². The highest BCUT2D eigenvalue weighted by Crippen LogP contribution is 2.23. The minimum Gasteiger partial charge on any atom is -0.326 e. The first-order valence-corrected chi connectivity index (χ1v) is 10.4. The van der Waals surface area contributed by atoms with Crippen LogP contribution in [-0.4, -0.2) is 26.2 Å². The smallest absolute Gasteiger partial charge is 0.250 e. The molecule has 2 aromatic rings. The van der Waals surface area contributed by atoms with Gasteiger partial charge in [-0.1, -0.05) is 17.7 Å². The Kier molecular flexibility index (Phi) is 5.90. The van der Waals surface area contributed by atoms with Crippen LogP contribution in [0.2, 0.25) is 5.02 Å². The number of benzene rings is 2. The minimum absolute atomic E-state index is 0.110. The zero-order valence-electron chi connectivity index (χ0n) is 15.2. The fourth-order valence-corrected chi connectivity index (χ4v) is 4.72. The Bertz CT molecular complexity index is 996. The summed E-state index contributed by atoms with van der Waals surface area (Å²) in [6, 6.07) is 9.09. The first-order chi connectivity index (χ1) is 13.2. The number of amides is 1. The largest absolute Gasteiger partial charge is 0.326 e. The average molecular weight is 427 g/mol. The summed E-state index contributed by atoms with van der Waals surface area (Å²) >= 11 is 5.72. The monoisotopic (exact) mass is 426 g/mol. The van der Waals surface area contributed by atoms with Gasteiger partial charge in [0.05, 0.1) is 10.9 Å². The minimum atomic E-state index is -3.92. The summed E-state index contributed by atoms with van der Waals surface area (Å²) in [7, 11) is -3.92. The maximum Gasteiger partial charge on any atom is 0.250 e. The molecule has 0 bridgehead atoms. The molecule has 0 aromatic heterocycles. The Hall–Kier alpha value is -2.20. The number of carbonyl (C=O) groups is 1. The lowest BCUT2D eigenvalue weighted by Gasteiger charge is -2.20. The predicted octanol–water partition coefficient (Wildman–Crippen LogP) is 2.53. The lowest BCUT2D eigenvalue weighted by Crippen LogP contribution is -2.45. The number of sulfonamides is 1. The average Bonchev–Trinajstić information content (AvgIpc) is 3.07. The molecule has 1 amide bonds. The first kappa shape index (κ1) is 20.5. The van der Waals surface area contributed by atoms with Crippen LogP contribution < -0.4 is 20.9 Å². The van der Waals surface area contributed by atoms with E-state index >= 15 is 0 Å². The number of hydrogen-bond donors (Lipinski definition) is 4. The van der Waals surface area contributed by atoms with Crippen molar-refractivity contribution in [3.05, 3.63) is 58.4 Å². The molecule has 10 heteroatoms. The molecule has 2 atom stereocenters. The third-order valence-electron chi connectivity index (χ3n) is 4.27. The van der Waals surface area contributed by atoms with Crippen LogP contribution in [0, 0.1) is 25.6 Å². The molecule has 7 nitrogen and oxygen atoms in total. The summed E-state index contributed by atoms with van der Waals surface area (Å²) < 4.78 is 41.4. The number of hydrazine groups is 1. The third kappa shape index (κ3) is 4.61. The van der Waals surface area contributed by atoms with E-state index < -0.39 is 33.0 Å². The number of halogens is 2. The molecule has 1 heterocycles. The summed E-state index contributed by atoms with van der Waals surface area (Å²) in [5.41, 5.74) is 7.88. The van der Waals surface area contributed by atoms with Gasteiger partial charge in [-0.15, -0.1) is 0 Å². The van der Waals surface area contributed by atoms with Gasteiger partial charge in [0.25, 0.3) is 10.0 Å². The normalized spacial score (nSPS) is 19.4. The molecule has 1 saturated heterocycles. The van der Waals surface area contributed by atoms with E-state index in [4.69, 9.17) is 11.6 Å². The lowest BCUT2D eigenvalue weighted by atomic mass is 10.1. The standard InChI is InChI=1S/C18H20ClFN4O3S/c1-10-5-11(2)7-13(6-10)24-28(26,27)18-14(9-21-23-18)17(25)22-12-3-4-16(20)15(19)8-12/h3-8,14,18,21,23-24H,9H2,1-2H3,(H,22,25). The number of aryl methyl sites for hydroxylation is 2. The molecule has 2 aromatic carbocycles. The Morgan fingerprint density at radius 3 is 2.46 bits per heavy atom. The number of hydrogen-bond acceptors (Lipinski definition) is 5. The second kappa shape index (κ2) is 8.04. The van der Waals surface area contributed by atoms with Crippen LogP contribution in [0.25, 0.3) is 0 Å². The summed E-state index contributed by atoms with van der Waals surface area (Å²) in [5, 5.41) is 1.25. The molecular formula is C18H20ClFN4O3S. The van der Waals surface area contributed by atoms with Crippen molar-refractivity contribution in [3.63, 3.8) is 0 Å². The highest BCUT2D eigenvalue weighted by atomic mass is 35.5. The van der Waals surface area contributed by atoms with Gasteiger partial charge >= 0.3 is 0 Å². The molecule has 2 unspecified atom stereocenters. The molecule has 0 radical (unpaired) electrons. The highest BCUT2D eigenvalue weighted by molar-refractivity contribution is 7.93. The van der Waals surface area contributed by atoms with Crippen molar-refractivity contribution in [1.82, 2.24) is 10.9 Å². The SMILES string of the molecule is Cc1cc(C)cc(NS(=O)(=O)C2NNCC2C(=O)Nc2ccc(F)c(Cl)c2)c1. The fraction of sp³-hybridized carbons (Fsp3) is 0.278. The van der Waals surface area contributed by atoms with E-state index in [1.807, 2.05) is 19.9 Å². The van der Waals surface area contributed by atoms with Crippen LogP contribution in [-0.2, 0) is 14.8 Å². The maximum atomic E-state index is 13.3. The molecular weight excluding hydrogens is 407 g/mol. The predicted molar refractivity (Wildman–Crippen MR) is 107 cm³/mol. The number of nitrogens with one attached hydrogen (secondary N) is 4. The molecule has 1 aliphatic rings. The number of anilines is 2. The molecule has 150 valence electrons. The maximum absolute atomic E-state index is 13.3. The molecule has 4 N–H and O–H groups in total. The van der Waals surface area contributed by atoms with Crippen molar-refractivity contribution in [2.24, 2.45) is 5.92 Å². The van der Waals surface area contributed by atoms with Crippen molar-refractivity contribution < 1.29 is 17.6 Å². The van der Waals surface area contributed by atoms with Crippen LogP contribution in [0.3, 0.4) is 0 Å². The van der Waals surface area contributed by atoms with Crippen LogP contribution >= 0.6 is 11.6 Å². The number of carbonyl (C=O) groups excluding carboxylic acids is 1. The Morgan fingerprint density at radius 2 is 1.82 bits per heavy atom. The zero-order chi connectivity index (χ0) is 20.5. The molecule has 28 heavy (non-hydrogen) atoms. The lowest BCUT2D eigenvalue weighted by molar-refractivity contribution is -0.119. The Morgan fingerprint density at radius 1 is 1.14 bits per heavy atom. The molecule has 1 aliphatic heterocycles. The molecule has 1 fully saturated rings. The molecule has 0 saturated carbocycles. The van der Waals surface area contributed by atoms with Gasteiger partial charge in [0.1, 0.15) is 5.82 Å². The van der Waals surface area contributed by atoms with Crippen LogP contribution in [0.1, 0.15) is 11.1 Å². The first-order valence-electron chi connectivity index (χ1n) is 8.50. The van der Waals surface area contributed by atoms with Gasteiger partial charge < -0.3 is 5.32 Å². The molecule has 0 spiro atoms. The van der Waals surface area contributed by atoms with Gasteiger partial charge in [0.15, 0.2) is 5.37 Å². The Balaban J connectivity index is 1.76. The van der Waals surface area contributed by atoms with Crippen molar-refractivity contribution in [3.8, 4) is 0 Å². The zero-order valence-corrected chi connectivity index (χ0v) is 16.8. The summed E-state index contributed by atoms with van der Waals surface area (Å²) in [6.45, 7) is 3.84. The molecule has 0 aliphatic carbocycles. The molecule has 3 rings (SSSR count). The van der Waals surface area contributed by atoms with Gasteiger partial charge in [0, 0.05) is 17.9 Å². The van der Waals surface area contributed by atoms with E-state index in [0.29, 0.717) is 5.69 Å². The summed E-state index contributed by atoms with van der Waals surface area (Å²) in [4.78, 5) is 12.6. The van der Waals surface area contributed by atoms with Crippen LogP contribution in [0.4, 0.5) is 15.8 Å². The summed E-state index contributed by atoms with van der Waals surface area (Å²) in [5.74, 6) is -2.05. The van der Waals surface area contributed by atoms with Crippen LogP contribution in [0.15, 0.2) is 36.4 Å². The topological polar surface area (TPSA) is 99.3 Å². The second-order valence-corrected chi connectivity index (χ2v) is 8.90. The summed E-state index contributed by atoms with van der Waals surface area (Å²) in [6.07, 6.45) is 0. The quantitative estimate of drug-likeness (QED) is 0.588. The van der Waals surface area contributed by atoms with E-state index in [2.05, 4.69) is 20.9 Å². The van der Waals surface area contributed by atoms with Crippen LogP contribution in [0.5, 0.6) is 0 Å². The fourth-order valence-electron chi connectivity index (χ4n) is 3.07. The van der Waals surface area contributed by atoms with Crippen molar-refractivity contribution >= 4 is 38.9 Å². The third-order valence-corrected chi connectivity index (χ3v) is 6.20. The van der Waals surface area contributed by atoms with E-state index in [1.54, 1.807) is 12.1 Å². The Labute approximate surface area is 167 Å². The van der Waals surface area contributed by atoms with Gasteiger partial charge in [-0.25, -0.2) is 18.2 Å².